The van der Waals surface area contributed by atoms with Gasteiger partial charge in [-0.1, -0.05) is 48.5 Å². The van der Waals surface area contributed by atoms with Crippen molar-refractivity contribution in [3.63, 3.8) is 0 Å². The lowest BCUT2D eigenvalue weighted by molar-refractivity contribution is -0.135. The Bertz CT molecular complexity index is 755. The van der Waals surface area contributed by atoms with E-state index in [0.717, 1.165) is 31.4 Å². The summed E-state index contributed by atoms with van der Waals surface area (Å²) >= 11 is 0. The number of amides is 2. The van der Waals surface area contributed by atoms with Crippen LogP contribution in [0.1, 0.15) is 47.6 Å². The molecule has 150 valence electrons. The standard InChI is InChI=1S/C22H27N3O2.ClH/c23-16-19-13-7-8-14-25(19)21(26)15-20(17-9-3-1-4-10-17)24-22(27)18-11-5-2-6-12-18;/h1-6,9-12,19-20H,7-8,13-16,23H2,(H,24,27);1H. The molecule has 2 amide bonds. The summed E-state index contributed by atoms with van der Waals surface area (Å²) in [7, 11) is 0. The Labute approximate surface area is 172 Å². The molecular weight excluding hydrogens is 374 g/mol. The van der Waals surface area contributed by atoms with Crippen LogP contribution in [0.4, 0.5) is 0 Å². The molecule has 0 aromatic heterocycles. The highest BCUT2D eigenvalue weighted by atomic mass is 35.5. The number of nitrogens with one attached hydrogen (secondary N) is 1. The molecule has 2 aromatic rings. The number of hydrogen-bond acceptors (Lipinski definition) is 3. The van der Waals surface area contributed by atoms with Crippen LogP contribution in [0.2, 0.25) is 0 Å². The van der Waals surface area contributed by atoms with E-state index in [2.05, 4.69) is 5.32 Å². The van der Waals surface area contributed by atoms with Crippen molar-refractivity contribution in [3.05, 3.63) is 71.8 Å². The molecule has 1 heterocycles. The second-order valence-corrected chi connectivity index (χ2v) is 6.98. The zero-order valence-electron chi connectivity index (χ0n) is 15.9. The molecule has 3 N–H and O–H groups in total. The fraction of sp³-hybridized carbons (Fsp3) is 0.364. The number of hydrogen-bond donors (Lipinski definition) is 2. The smallest absolute Gasteiger partial charge is 0.251 e. The average molecular weight is 402 g/mol. The number of nitrogens with zero attached hydrogens (tertiary/aromatic N) is 1. The lowest BCUT2D eigenvalue weighted by Crippen LogP contribution is -2.48. The maximum Gasteiger partial charge on any atom is 0.251 e. The number of rotatable bonds is 6. The Balaban J connectivity index is 0.00000280. The lowest BCUT2D eigenvalue weighted by Gasteiger charge is -2.36. The van der Waals surface area contributed by atoms with E-state index in [0.29, 0.717) is 12.1 Å². The minimum absolute atomic E-state index is 0. The van der Waals surface area contributed by atoms with E-state index in [1.165, 1.54) is 0 Å². The Hall–Kier alpha value is -2.37. The summed E-state index contributed by atoms with van der Waals surface area (Å²) in [4.78, 5) is 27.5. The van der Waals surface area contributed by atoms with Crippen molar-refractivity contribution in [2.75, 3.05) is 13.1 Å². The Morgan fingerprint density at radius 3 is 2.32 bits per heavy atom. The highest BCUT2D eigenvalue weighted by Crippen LogP contribution is 2.23. The number of carbonyl (C=O) groups is 2. The fourth-order valence-electron chi connectivity index (χ4n) is 3.63. The maximum atomic E-state index is 13.0. The number of halogens is 1. The summed E-state index contributed by atoms with van der Waals surface area (Å²) in [6.45, 7) is 1.23. The number of benzene rings is 2. The first-order chi connectivity index (χ1) is 13.2. The van der Waals surface area contributed by atoms with Gasteiger partial charge in [0.15, 0.2) is 0 Å². The van der Waals surface area contributed by atoms with Gasteiger partial charge in [0.2, 0.25) is 5.91 Å². The van der Waals surface area contributed by atoms with E-state index in [9.17, 15) is 9.59 Å². The van der Waals surface area contributed by atoms with Crippen LogP contribution in [0, 0.1) is 0 Å². The van der Waals surface area contributed by atoms with Gasteiger partial charge in [-0.05, 0) is 37.0 Å². The second kappa shape index (κ2) is 10.8. The number of piperidine rings is 1. The van der Waals surface area contributed by atoms with Gasteiger partial charge in [-0.3, -0.25) is 9.59 Å². The van der Waals surface area contributed by atoms with Crippen molar-refractivity contribution < 1.29 is 9.59 Å². The van der Waals surface area contributed by atoms with Crippen molar-refractivity contribution >= 4 is 24.2 Å². The Kier molecular flexibility index (Phi) is 8.48. The van der Waals surface area contributed by atoms with Crippen molar-refractivity contribution in [1.82, 2.24) is 10.2 Å². The van der Waals surface area contributed by atoms with Crippen molar-refractivity contribution in [3.8, 4) is 0 Å². The van der Waals surface area contributed by atoms with E-state index < -0.39 is 0 Å². The van der Waals surface area contributed by atoms with Gasteiger partial charge in [-0.15, -0.1) is 12.4 Å². The van der Waals surface area contributed by atoms with Gasteiger partial charge in [0.1, 0.15) is 0 Å². The van der Waals surface area contributed by atoms with E-state index in [-0.39, 0.29) is 42.7 Å². The quantitative estimate of drug-likeness (QED) is 0.779. The van der Waals surface area contributed by atoms with Crippen LogP contribution < -0.4 is 11.1 Å². The van der Waals surface area contributed by atoms with E-state index in [1.54, 1.807) is 12.1 Å². The Morgan fingerprint density at radius 2 is 1.68 bits per heavy atom. The lowest BCUT2D eigenvalue weighted by atomic mass is 9.98. The molecule has 2 atom stereocenters. The van der Waals surface area contributed by atoms with Crippen molar-refractivity contribution in [2.45, 2.75) is 37.8 Å². The van der Waals surface area contributed by atoms with Gasteiger partial charge in [-0.25, -0.2) is 0 Å². The van der Waals surface area contributed by atoms with Crippen LogP contribution in [-0.4, -0.2) is 35.8 Å². The molecule has 0 radical (unpaired) electrons. The fourth-order valence-corrected chi connectivity index (χ4v) is 3.63. The van der Waals surface area contributed by atoms with E-state index in [1.807, 2.05) is 53.4 Å². The molecule has 1 fully saturated rings. The molecule has 3 rings (SSSR count). The van der Waals surface area contributed by atoms with Crippen molar-refractivity contribution in [2.24, 2.45) is 5.73 Å². The third-order valence-electron chi connectivity index (χ3n) is 5.14. The summed E-state index contributed by atoms with van der Waals surface area (Å²) < 4.78 is 0. The van der Waals surface area contributed by atoms with Gasteiger partial charge in [-0.2, -0.15) is 0 Å². The molecule has 0 bridgehead atoms. The third kappa shape index (κ3) is 5.57. The number of nitrogens with two attached hydrogens (primary N) is 1. The summed E-state index contributed by atoms with van der Waals surface area (Å²) in [6.07, 6.45) is 3.31. The molecule has 6 heteroatoms. The molecule has 0 aliphatic carbocycles. The first-order valence-corrected chi connectivity index (χ1v) is 9.59. The van der Waals surface area contributed by atoms with Crippen LogP contribution in [-0.2, 0) is 4.79 Å². The van der Waals surface area contributed by atoms with Crippen LogP contribution in [0.5, 0.6) is 0 Å². The van der Waals surface area contributed by atoms with Gasteiger partial charge in [0, 0.05) is 24.7 Å². The molecule has 0 saturated carbocycles. The second-order valence-electron chi connectivity index (χ2n) is 6.98. The molecule has 0 spiro atoms. The van der Waals surface area contributed by atoms with E-state index in [4.69, 9.17) is 5.73 Å². The minimum atomic E-state index is -0.369. The molecule has 5 nitrogen and oxygen atoms in total. The number of likely N-dealkylation sites (tertiary alicyclic amines) is 1. The van der Waals surface area contributed by atoms with Crippen LogP contribution in [0.3, 0.4) is 0 Å². The first-order valence-electron chi connectivity index (χ1n) is 9.59. The normalized spacial score (nSPS) is 17.3. The predicted molar refractivity (Wildman–Crippen MR) is 113 cm³/mol. The molecule has 1 aliphatic heterocycles. The first kappa shape index (κ1) is 21.9. The topological polar surface area (TPSA) is 75.4 Å². The van der Waals surface area contributed by atoms with Crippen LogP contribution in [0.15, 0.2) is 60.7 Å². The van der Waals surface area contributed by atoms with E-state index >= 15 is 0 Å². The van der Waals surface area contributed by atoms with Crippen LogP contribution in [0.25, 0.3) is 0 Å². The van der Waals surface area contributed by atoms with Gasteiger partial charge in [0.05, 0.1) is 12.5 Å². The summed E-state index contributed by atoms with van der Waals surface area (Å²) in [5, 5.41) is 3.03. The van der Waals surface area contributed by atoms with Crippen LogP contribution >= 0.6 is 12.4 Å². The number of carbonyl (C=O) groups excluding carboxylic acids is 2. The molecule has 2 aromatic carbocycles. The highest BCUT2D eigenvalue weighted by Gasteiger charge is 2.28. The molecule has 28 heavy (non-hydrogen) atoms. The zero-order valence-corrected chi connectivity index (χ0v) is 16.7. The largest absolute Gasteiger partial charge is 0.345 e. The predicted octanol–water partition coefficient (Wildman–Crippen LogP) is 3.31. The minimum Gasteiger partial charge on any atom is -0.345 e. The van der Waals surface area contributed by atoms with Gasteiger partial charge in [0.25, 0.3) is 5.91 Å². The summed E-state index contributed by atoms with van der Waals surface area (Å²) in [5.74, 6) is -0.126. The molecular formula is C22H28ClN3O2. The highest BCUT2D eigenvalue weighted by molar-refractivity contribution is 5.94. The Morgan fingerprint density at radius 1 is 1.04 bits per heavy atom. The summed E-state index contributed by atoms with van der Waals surface area (Å²) in [5.41, 5.74) is 7.38. The monoisotopic (exact) mass is 401 g/mol. The molecule has 1 aliphatic rings. The summed E-state index contributed by atoms with van der Waals surface area (Å²) in [6, 6.07) is 18.5. The maximum absolute atomic E-state index is 13.0. The van der Waals surface area contributed by atoms with Gasteiger partial charge < -0.3 is 16.0 Å². The van der Waals surface area contributed by atoms with Gasteiger partial charge >= 0.3 is 0 Å². The molecule has 2 unspecified atom stereocenters. The zero-order chi connectivity index (χ0) is 19.1. The molecule has 1 saturated heterocycles. The average Bonchev–Trinajstić information content (AvgIpc) is 2.74. The van der Waals surface area contributed by atoms with Crippen molar-refractivity contribution in [1.29, 1.82) is 0 Å². The SMILES string of the molecule is Cl.NCC1CCCCN1C(=O)CC(NC(=O)c1ccccc1)c1ccccc1. The third-order valence-corrected chi connectivity index (χ3v) is 5.14.